The van der Waals surface area contributed by atoms with Gasteiger partial charge in [-0.25, -0.2) is 0 Å². The van der Waals surface area contributed by atoms with Crippen molar-refractivity contribution >= 4 is 39.4 Å². The molecule has 2 aliphatic heterocycles. The second-order valence-corrected chi connectivity index (χ2v) is 27.9. The number of rotatable bonds is 10. The second-order valence-electron chi connectivity index (χ2n) is 27.9. The number of alkyl halides is 36. The molecule has 0 aliphatic carbocycles. The van der Waals surface area contributed by atoms with Crippen LogP contribution in [0, 0.1) is 18.8 Å². The third-order valence-electron chi connectivity index (χ3n) is 20.1. The van der Waals surface area contributed by atoms with Gasteiger partial charge >= 0.3 is 94.5 Å². The van der Waals surface area contributed by atoms with Crippen LogP contribution in [0.15, 0.2) is 206 Å². The summed E-state index contributed by atoms with van der Waals surface area (Å²) >= 11 is 0. The van der Waals surface area contributed by atoms with Gasteiger partial charge in [-0.05, 0) is 123 Å². The minimum absolute atomic E-state index is 0. The summed E-state index contributed by atoms with van der Waals surface area (Å²) in [7, 11) is 0. The van der Waals surface area contributed by atoms with E-state index < -0.39 is 242 Å². The van der Waals surface area contributed by atoms with E-state index in [1.807, 2.05) is 52.0 Å². The summed E-state index contributed by atoms with van der Waals surface area (Å²) in [5.74, 6) is 0. The molecule has 3 nitrogen and oxygen atoms in total. The average molecular weight is 1900 g/mol. The van der Waals surface area contributed by atoms with Gasteiger partial charge in [0, 0.05) is 53.3 Å². The number of nitriles is 1. The Labute approximate surface area is 694 Å². The van der Waals surface area contributed by atoms with E-state index in [-0.39, 0.29) is 52.0 Å². The summed E-state index contributed by atoms with van der Waals surface area (Å²) in [5, 5.41) is 7.32. The molecule has 4 atom stereocenters. The quantitative estimate of drug-likeness (QED) is 0.0592. The molecule has 41 heteroatoms. The molecule has 12 rings (SSSR count). The molecular weight excluding hydrogens is 1840 g/mol. The van der Waals surface area contributed by atoms with Gasteiger partial charge in [0.15, 0.2) is 0 Å². The van der Waals surface area contributed by atoms with E-state index in [2.05, 4.69) is 9.80 Å². The SMILES string of the molecule is CC#N.CC1C(C)N1c1c(-c2ccc(C(F)(F)F)cc2)cccc1-c1ccc(C(F)(F)F)cc1.CC1C(C)N1c1c(-c2ccc(C(F)(F)F)cc2)cccc1-c1ccc(C(F)(F)F)cc1.FC(F)(F)c1cc([B-](c2cc(C(F)(F)F)cc(C(F)(F)F)c2)(c2cc(C(F)(F)F)cc(C(F)(F)F)c2)c2cc(C(F)(F)F)cc(C(F)(F)F)c2)cc(C(F)(F)F)c1.[CH3-].[Pd+2]. The second kappa shape index (κ2) is 35.5. The Hall–Kier alpha value is -10.5. The van der Waals surface area contributed by atoms with Gasteiger partial charge in [-0.15, -0.1) is 0 Å². The molecule has 0 saturated carbocycles. The van der Waals surface area contributed by atoms with Crippen molar-refractivity contribution in [1.29, 1.82) is 5.26 Å². The number of para-hydroxylation sites is 2. The minimum Gasteiger partial charge on any atom is -0.361 e. The Balaban J connectivity index is 0.000000267. The number of benzene rings is 10. The van der Waals surface area contributed by atoms with Gasteiger partial charge in [-0.1, -0.05) is 133 Å². The standard InChI is InChI=1S/C32H12BF24.2C24H19F6N.C2H3N.CH3.Pd/c34-25(35,36)13-1-14(26(37,38)39)6-21(5-13)33(22-7-15(27(40,41)42)2-16(8-22)28(43,44)45,23-9-17(29(46,47)48)3-18(10-23)30(49,50)51)24-11-19(31(52,53)54)4-20(12-24)32(55,56)57;2*1-14-15(2)31(14)22-20(16-6-10-18(11-7-16)23(25,26)27)4-3-5-21(22)17-8-12-19(13-9-17)24(28,29)30;1-2-3;;/h1-12H;2*3-15H,1-2H3;1H3;1H3;/q-1;;;;-1;+2. The maximum Gasteiger partial charge on any atom is 2.00 e. The fourth-order valence-corrected chi connectivity index (χ4v) is 13.8. The van der Waals surface area contributed by atoms with Crippen molar-refractivity contribution < 1.29 is 178 Å². The summed E-state index contributed by atoms with van der Waals surface area (Å²) in [5.41, 5.74) is -26.1. The third-order valence-corrected chi connectivity index (χ3v) is 20.1. The van der Waals surface area contributed by atoms with Crippen molar-refractivity contribution in [2.45, 2.75) is 133 Å². The van der Waals surface area contributed by atoms with Crippen molar-refractivity contribution in [2.24, 2.45) is 0 Å². The first-order valence-electron chi connectivity index (χ1n) is 34.8. The average Bonchev–Trinajstić information content (AvgIpc) is 1.21. The molecule has 10 aromatic rings. The van der Waals surface area contributed by atoms with Crippen LogP contribution in [-0.2, 0) is 94.5 Å². The van der Waals surface area contributed by atoms with Crippen LogP contribution in [0.4, 0.5) is 169 Å². The van der Waals surface area contributed by atoms with Gasteiger partial charge in [-0.2, -0.15) is 185 Å². The summed E-state index contributed by atoms with van der Waals surface area (Å²) in [6.07, 6.45) is -72.5. The van der Waals surface area contributed by atoms with E-state index in [4.69, 9.17) is 5.26 Å². The number of halogens is 36. The zero-order chi connectivity index (χ0) is 91.7. The summed E-state index contributed by atoms with van der Waals surface area (Å²) in [6, 6.07) is 24.4. The van der Waals surface area contributed by atoms with Crippen molar-refractivity contribution in [3.05, 3.63) is 280 Å². The van der Waals surface area contributed by atoms with Gasteiger partial charge in [0.25, 0.3) is 0 Å². The van der Waals surface area contributed by atoms with Gasteiger partial charge in [0.05, 0.1) is 84.2 Å². The minimum atomic E-state index is -6.13. The Morgan fingerprint density at radius 3 is 0.476 bits per heavy atom. The molecule has 0 N–H and O–H groups in total. The molecule has 2 saturated heterocycles. The van der Waals surface area contributed by atoms with Gasteiger partial charge in [0.2, 0.25) is 0 Å². The maximum atomic E-state index is 14.2. The molecule has 0 radical (unpaired) electrons. The Kier molecular flexibility index (Phi) is 28.8. The van der Waals surface area contributed by atoms with Gasteiger partial charge in [0.1, 0.15) is 6.15 Å². The van der Waals surface area contributed by atoms with Crippen molar-refractivity contribution in [1.82, 2.24) is 0 Å². The van der Waals surface area contributed by atoms with Gasteiger partial charge < -0.3 is 17.2 Å². The molecule has 10 aromatic carbocycles. The Morgan fingerprint density at radius 1 is 0.234 bits per heavy atom. The topological polar surface area (TPSA) is 29.8 Å². The van der Waals surface area contributed by atoms with Crippen LogP contribution >= 0.6 is 0 Å². The molecule has 0 bridgehead atoms. The molecule has 124 heavy (non-hydrogen) atoms. The van der Waals surface area contributed by atoms with E-state index in [0.717, 1.165) is 82.2 Å². The van der Waals surface area contributed by atoms with Crippen molar-refractivity contribution in [3.8, 4) is 50.6 Å². The fraction of sp³-hybridized carbons (Fsp3) is 0.253. The van der Waals surface area contributed by atoms with Crippen LogP contribution in [0.1, 0.15) is 101 Å². The zero-order valence-electron chi connectivity index (χ0n) is 63.3. The van der Waals surface area contributed by atoms with Crippen molar-refractivity contribution in [2.75, 3.05) is 9.80 Å². The fourth-order valence-electron chi connectivity index (χ4n) is 13.8. The largest absolute Gasteiger partial charge is 2.00 e. The molecule has 2 aliphatic rings. The molecule has 0 amide bonds. The molecule has 668 valence electrons. The predicted molar refractivity (Wildman–Crippen MR) is 385 cm³/mol. The number of hydrogen-bond acceptors (Lipinski definition) is 3. The maximum absolute atomic E-state index is 14.2. The Bertz CT molecular complexity index is 4660. The first-order chi connectivity index (χ1) is 55.6. The van der Waals surface area contributed by atoms with Gasteiger partial charge in [-0.3, -0.25) is 0 Å². The van der Waals surface area contributed by atoms with E-state index in [1.54, 1.807) is 18.2 Å². The Morgan fingerprint density at radius 2 is 0.363 bits per heavy atom. The predicted octanol–water partition coefficient (Wildman–Crippen LogP) is 27.5. The number of anilines is 2. The van der Waals surface area contributed by atoms with Crippen LogP contribution in [0.2, 0.25) is 0 Å². The van der Waals surface area contributed by atoms with E-state index in [1.165, 1.54) is 55.5 Å². The molecule has 2 heterocycles. The summed E-state index contributed by atoms with van der Waals surface area (Å²) in [6.45, 7) is 9.56. The van der Waals surface area contributed by atoms with Crippen LogP contribution in [0.5, 0.6) is 0 Å². The smallest absolute Gasteiger partial charge is 0.361 e. The van der Waals surface area contributed by atoms with Crippen LogP contribution in [0.3, 0.4) is 0 Å². The number of nitrogens with zero attached hydrogens (tertiary/aromatic N) is 3. The molecule has 0 aromatic heterocycles. The van der Waals surface area contributed by atoms with Crippen LogP contribution in [-0.4, -0.2) is 30.3 Å². The monoisotopic (exact) mass is 1900 g/mol. The number of hydrogen-bond donors (Lipinski definition) is 0. The first-order valence-corrected chi connectivity index (χ1v) is 34.8. The zero-order valence-corrected chi connectivity index (χ0v) is 64.8. The normalized spacial score (nSPS) is 16.1. The summed E-state index contributed by atoms with van der Waals surface area (Å²) < 4.78 is 496. The van der Waals surface area contributed by atoms with E-state index in [0.29, 0.717) is 22.3 Å². The molecule has 4 unspecified atom stereocenters. The molecule has 2 fully saturated rings. The van der Waals surface area contributed by atoms with E-state index >= 15 is 0 Å². The third kappa shape index (κ3) is 22.6. The summed E-state index contributed by atoms with van der Waals surface area (Å²) in [4.78, 5) is 4.25. The molecular formula is C83H56BF36N3Pd. The first kappa shape index (κ1) is 101. The van der Waals surface area contributed by atoms with E-state index in [9.17, 15) is 158 Å². The van der Waals surface area contributed by atoms with Crippen LogP contribution < -0.4 is 31.7 Å². The van der Waals surface area contributed by atoms with Crippen LogP contribution in [0.25, 0.3) is 44.5 Å². The van der Waals surface area contributed by atoms with Crippen molar-refractivity contribution in [3.63, 3.8) is 0 Å². The molecule has 0 spiro atoms.